The zero-order chi connectivity index (χ0) is 23.1. The first-order chi connectivity index (χ1) is 15.7. The minimum atomic E-state index is -0.250. The van der Waals surface area contributed by atoms with E-state index in [-0.39, 0.29) is 6.09 Å². The Morgan fingerprint density at radius 2 is 1.22 bits per heavy atom. The molecule has 1 aromatic rings. The highest BCUT2D eigenvalue weighted by Gasteiger charge is 2.01. The summed E-state index contributed by atoms with van der Waals surface area (Å²) in [5, 5.41) is 12.2. The number of phenols is 1. The Hall–Kier alpha value is -1.71. The predicted octanol–water partition coefficient (Wildman–Crippen LogP) is 8.31. The molecule has 1 rings (SSSR count). The van der Waals surface area contributed by atoms with Gasteiger partial charge in [0, 0.05) is 6.54 Å². The topological polar surface area (TPSA) is 58.6 Å². The first-order valence-corrected chi connectivity index (χ1v) is 13.4. The molecule has 0 heterocycles. The van der Waals surface area contributed by atoms with Crippen molar-refractivity contribution in [2.24, 2.45) is 0 Å². The van der Waals surface area contributed by atoms with Crippen LogP contribution < -0.4 is 5.32 Å². The van der Waals surface area contributed by atoms with Crippen LogP contribution in [0.25, 0.3) is 0 Å². The van der Waals surface area contributed by atoms with Crippen molar-refractivity contribution in [2.75, 3.05) is 13.2 Å². The zero-order valence-electron chi connectivity index (χ0n) is 20.7. The minimum Gasteiger partial charge on any atom is -0.508 e. The Morgan fingerprint density at radius 3 is 1.81 bits per heavy atom. The van der Waals surface area contributed by atoms with Crippen molar-refractivity contribution < 1.29 is 14.6 Å². The van der Waals surface area contributed by atoms with Crippen molar-refractivity contribution >= 4 is 6.09 Å². The number of alkyl carbamates (subject to hydrolysis) is 1. The summed E-state index contributed by atoms with van der Waals surface area (Å²) in [5.74, 6) is 0.345. The second-order valence-electron chi connectivity index (χ2n) is 9.14. The fourth-order valence-electron chi connectivity index (χ4n) is 4.00. The quantitative estimate of drug-likeness (QED) is 0.186. The summed E-state index contributed by atoms with van der Waals surface area (Å²) in [6, 6.07) is 7.57. The molecule has 0 aliphatic heterocycles. The highest BCUT2D eigenvalue weighted by molar-refractivity contribution is 5.66. The number of ether oxygens (including phenoxy) is 1. The molecular weight excluding hydrogens is 398 g/mol. The average molecular weight is 448 g/mol. The van der Waals surface area contributed by atoms with E-state index in [0.29, 0.717) is 12.4 Å². The summed E-state index contributed by atoms with van der Waals surface area (Å²) in [7, 11) is 0. The summed E-state index contributed by atoms with van der Waals surface area (Å²) in [6.45, 7) is 3.53. The Kier molecular flexibility index (Phi) is 18.7. The van der Waals surface area contributed by atoms with E-state index in [1.807, 2.05) is 12.1 Å². The van der Waals surface area contributed by atoms with Crippen LogP contribution in [-0.2, 0) is 11.2 Å². The molecule has 0 atom stereocenters. The monoisotopic (exact) mass is 447 g/mol. The molecule has 0 bridgehead atoms. The summed E-state index contributed by atoms with van der Waals surface area (Å²) in [5.41, 5.74) is 1.31. The minimum absolute atomic E-state index is 0.250. The van der Waals surface area contributed by atoms with Crippen molar-refractivity contribution in [3.8, 4) is 5.75 Å². The van der Waals surface area contributed by atoms with E-state index in [0.717, 1.165) is 32.2 Å². The van der Waals surface area contributed by atoms with Crippen molar-refractivity contribution in [2.45, 2.75) is 122 Å². The summed E-state index contributed by atoms with van der Waals surface area (Å²) >= 11 is 0. The molecule has 4 heteroatoms. The van der Waals surface area contributed by atoms with E-state index < -0.39 is 0 Å². The third-order valence-corrected chi connectivity index (χ3v) is 6.08. The normalized spacial score (nSPS) is 10.9. The Balaban J connectivity index is 1.75. The fraction of sp³-hybridized carbons (Fsp3) is 0.750. The maximum absolute atomic E-state index is 11.7. The molecular formula is C28H49NO3. The van der Waals surface area contributed by atoms with Crippen molar-refractivity contribution in [1.29, 1.82) is 0 Å². The van der Waals surface area contributed by atoms with Crippen LogP contribution in [0, 0.1) is 0 Å². The van der Waals surface area contributed by atoms with Crippen LogP contribution in [0.4, 0.5) is 4.79 Å². The van der Waals surface area contributed by atoms with Gasteiger partial charge in [-0.25, -0.2) is 4.79 Å². The summed E-state index contributed by atoms with van der Waals surface area (Å²) in [6.07, 6.45) is 22.1. The molecule has 0 spiro atoms. The number of aromatic hydroxyl groups is 1. The smallest absolute Gasteiger partial charge is 0.407 e. The van der Waals surface area contributed by atoms with Gasteiger partial charge in [-0.1, -0.05) is 109 Å². The molecule has 32 heavy (non-hydrogen) atoms. The Labute approximate surface area is 197 Å². The third kappa shape index (κ3) is 17.9. The van der Waals surface area contributed by atoms with Crippen LogP contribution in [0.2, 0.25) is 0 Å². The van der Waals surface area contributed by atoms with E-state index in [1.165, 1.54) is 95.5 Å². The molecule has 0 saturated carbocycles. The van der Waals surface area contributed by atoms with Gasteiger partial charge in [0.1, 0.15) is 5.75 Å². The largest absolute Gasteiger partial charge is 0.508 e. The molecule has 1 amide bonds. The van der Waals surface area contributed by atoms with Crippen LogP contribution in [0.1, 0.15) is 122 Å². The lowest BCUT2D eigenvalue weighted by molar-refractivity contribution is 0.143. The van der Waals surface area contributed by atoms with E-state index in [9.17, 15) is 9.90 Å². The lowest BCUT2D eigenvalue weighted by Gasteiger charge is -2.07. The van der Waals surface area contributed by atoms with Gasteiger partial charge in [0.15, 0.2) is 0 Å². The lowest BCUT2D eigenvalue weighted by Crippen LogP contribution is -2.25. The third-order valence-electron chi connectivity index (χ3n) is 6.08. The van der Waals surface area contributed by atoms with Crippen LogP contribution in [0.15, 0.2) is 24.3 Å². The molecule has 184 valence electrons. The van der Waals surface area contributed by atoms with E-state index in [4.69, 9.17) is 4.74 Å². The SMILES string of the molecule is CCCCCCCCCCNC(=O)OCCCCCCCCCCCc1ccc(O)cc1. The van der Waals surface area contributed by atoms with Gasteiger partial charge in [0.25, 0.3) is 0 Å². The number of nitrogens with one attached hydrogen (secondary N) is 1. The molecule has 0 aliphatic rings. The summed E-state index contributed by atoms with van der Waals surface area (Å²) < 4.78 is 5.27. The van der Waals surface area contributed by atoms with Crippen molar-refractivity contribution in [3.05, 3.63) is 29.8 Å². The van der Waals surface area contributed by atoms with Crippen LogP contribution in [0.3, 0.4) is 0 Å². The number of amides is 1. The van der Waals surface area contributed by atoms with Gasteiger partial charge in [0.05, 0.1) is 6.61 Å². The number of carbonyl (C=O) groups excluding carboxylic acids is 1. The van der Waals surface area contributed by atoms with E-state index in [2.05, 4.69) is 12.2 Å². The number of carbonyl (C=O) groups is 1. The number of benzene rings is 1. The maximum atomic E-state index is 11.7. The van der Waals surface area contributed by atoms with Crippen LogP contribution in [0.5, 0.6) is 5.75 Å². The number of aryl methyl sites for hydroxylation is 1. The number of hydrogen-bond acceptors (Lipinski definition) is 3. The molecule has 0 saturated heterocycles. The number of phenolic OH excluding ortho intramolecular Hbond substituents is 1. The van der Waals surface area contributed by atoms with E-state index >= 15 is 0 Å². The molecule has 0 fully saturated rings. The van der Waals surface area contributed by atoms with Gasteiger partial charge in [-0.05, 0) is 43.4 Å². The number of unbranched alkanes of at least 4 members (excludes halogenated alkanes) is 15. The first-order valence-electron chi connectivity index (χ1n) is 13.4. The van der Waals surface area contributed by atoms with Gasteiger partial charge in [0.2, 0.25) is 0 Å². The molecule has 0 radical (unpaired) electrons. The Bertz CT molecular complexity index is 544. The van der Waals surface area contributed by atoms with Gasteiger partial charge < -0.3 is 15.2 Å². The van der Waals surface area contributed by atoms with Gasteiger partial charge >= 0.3 is 6.09 Å². The second-order valence-corrected chi connectivity index (χ2v) is 9.14. The first kappa shape index (κ1) is 28.3. The molecule has 0 unspecified atom stereocenters. The maximum Gasteiger partial charge on any atom is 0.407 e. The second kappa shape index (κ2) is 21.2. The number of rotatable bonds is 21. The van der Waals surface area contributed by atoms with Crippen LogP contribution >= 0.6 is 0 Å². The van der Waals surface area contributed by atoms with Crippen molar-refractivity contribution in [1.82, 2.24) is 5.32 Å². The summed E-state index contributed by atoms with van der Waals surface area (Å²) in [4.78, 5) is 11.7. The number of hydrogen-bond donors (Lipinski definition) is 2. The molecule has 0 aliphatic carbocycles. The predicted molar refractivity (Wildman–Crippen MR) is 135 cm³/mol. The lowest BCUT2D eigenvalue weighted by atomic mass is 10.0. The molecule has 4 nitrogen and oxygen atoms in total. The molecule has 2 N–H and O–H groups in total. The highest BCUT2D eigenvalue weighted by Crippen LogP contribution is 2.14. The Morgan fingerprint density at radius 1 is 0.719 bits per heavy atom. The fourth-order valence-corrected chi connectivity index (χ4v) is 4.00. The highest BCUT2D eigenvalue weighted by atomic mass is 16.5. The van der Waals surface area contributed by atoms with E-state index in [1.54, 1.807) is 12.1 Å². The standard InChI is InChI=1S/C28H49NO3/c1-2-3-4-5-6-11-14-17-24-29-28(31)32-25-18-15-12-9-7-8-10-13-16-19-26-20-22-27(30)23-21-26/h20-23,30H,2-19,24-25H2,1H3,(H,29,31). The molecule has 0 aromatic heterocycles. The van der Waals surface area contributed by atoms with Gasteiger partial charge in [-0.15, -0.1) is 0 Å². The van der Waals surface area contributed by atoms with Gasteiger partial charge in [-0.2, -0.15) is 0 Å². The molecule has 1 aromatic carbocycles. The van der Waals surface area contributed by atoms with Crippen LogP contribution in [-0.4, -0.2) is 24.4 Å². The zero-order valence-corrected chi connectivity index (χ0v) is 20.7. The van der Waals surface area contributed by atoms with Gasteiger partial charge in [-0.3, -0.25) is 0 Å². The van der Waals surface area contributed by atoms with Crippen molar-refractivity contribution in [3.63, 3.8) is 0 Å². The average Bonchev–Trinajstić information content (AvgIpc) is 2.80.